The van der Waals surface area contributed by atoms with E-state index in [0.29, 0.717) is 6.54 Å². The van der Waals surface area contributed by atoms with Gasteiger partial charge in [-0.3, -0.25) is 4.79 Å². The summed E-state index contributed by atoms with van der Waals surface area (Å²) in [7, 11) is 1.84. The summed E-state index contributed by atoms with van der Waals surface area (Å²) in [6, 6.07) is 3.18. The van der Waals surface area contributed by atoms with E-state index in [1.807, 2.05) is 7.05 Å². The molecular formula is C14H19ClF2N2O2. The van der Waals surface area contributed by atoms with Crippen LogP contribution in [-0.2, 0) is 4.79 Å². The van der Waals surface area contributed by atoms with E-state index in [1.165, 1.54) is 6.07 Å². The highest BCUT2D eigenvalue weighted by Gasteiger charge is 2.28. The summed E-state index contributed by atoms with van der Waals surface area (Å²) >= 11 is 0. The molecule has 1 saturated heterocycles. The third-order valence-corrected chi connectivity index (χ3v) is 3.38. The molecule has 1 unspecified atom stereocenters. The van der Waals surface area contributed by atoms with Gasteiger partial charge < -0.3 is 15.0 Å². The molecule has 0 aliphatic carbocycles. The first-order valence-electron chi connectivity index (χ1n) is 6.63. The first-order valence-corrected chi connectivity index (χ1v) is 6.63. The topological polar surface area (TPSA) is 41.6 Å². The Hall–Kier alpha value is -1.40. The standard InChI is InChI=1S/C14H18F2N2O2.ClH/c1-17-8-11-3-2-6-18(11)14(19)9-20-13-5-4-10(15)7-12(13)16;/h4-5,7,11,17H,2-3,6,8-9H2,1H3;1H. The van der Waals surface area contributed by atoms with Gasteiger partial charge in [0.15, 0.2) is 18.2 Å². The minimum atomic E-state index is -0.800. The van der Waals surface area contributed by atoms with Gasteiger partial charge in [-0.2, -0.15) is 0 Å². The van der Waals surface area contributed by atoms with Crippen LogP contribution in [0.15, 0.2) is 18.2 Å². The van der Waals surface area contributed by atoms with Gasteiger partial charge >= 0.3 is 0 Å². The number of nitrogens with one attached hydrogen (secondary N) is 1. The largest absolute Gasteiger partial charge is 0.481 e. The Balaban J connectivity index is 0.00000220. The van der Waals surface area contributed by atoms with Crippen LogP contribution in [0.25, 0.3) is 0 Å². The number of carbonyl (C=O) groups is 1. The number of ether oxygens (including phenoxy) is 1. The molecular weight excluding hydrogens is 302 g/mol. The van der Waals surface area contributed by atoms with E-state index in [1.54, 1.807) is 4.90 Å². The van der Waals surface area contributed by atoms with Crippen molar-refractivity contribution >= 4 is 18.3 Å². The maximum atomic E-state index is 13.4. The molecule has 1 heterocycles. The van der Waals surface area contributed by atoms with Gasteiger partial charge in [0.25, 0.3) is 5.91 Å². The van der Waals surface area contributed by atoms with Gasteiger partial charge in [-0.25, -0.2) is 8.78 Å². The molecule has 1 aromatic rings. The van der Waals surface area contributed by atoms with Crippen molar-refractivity contribution in [3.63, 3.8) is 0 Å². The molecule has 21 heavy (non-hydrogen) atoms. The van der Waals surface area contributed by atoms with Crippen molar-refractivity contribution < 1.29 is 18.3 Å². The maximum absolute atomic E-state index is 13.4. The molecule has 1 aromatic carbocycles. The Morgan fingerprint density at radius 3 is 2.90 bits per heavy atom. The quantitative estimate of drug-likeness (QED) is 0.902. The van der Waals surface area contributed by atoms with Crippen LogP contribution in [0.3, 0.4) is 0 Å². The van der Waals surface area contributed by atoms with Gasteiger partial charge in [0.2, 0.25) is 0 Å². The van der Waals surface area contributed by atoms with E-state index in [2.05, 4.69) is 5.32 Å². The number of benzene rings is 1. The lowest BCUT2D eigenvalue weighted by Gasteiger charge is -2.24. The van der Waals surface area contributed by atoms with E-state index < -0.39 is 11.6 Å². The normalized spacial score (nSPS) is 17.5. The molecule has 1 atom stereocenters. The lowest BCUT2D eigenvalue weighted by atomic mass is 10.2. The Morgan fingerprint density at radius 1 is 1.48 bits per heavy atom. The second-order valence-corrected chi connectivity index (χ2v) is 4.80. The first kappa shape index (κ1) is 17.7. The van der Waals surface area contributed by atoms with E-state index in [4.69, 9.17) is 4.74 Å². The number of likely N-dealkylation sites (N-methyl/N-ethyl adjacent to an activating group) is 1. The second kappa shape index (κ2) is 8.14. The summed E-state index contributed by atoms with van der Waals surface area (Å²) in [5.41, 5.74) is 0. The highest BCUT2D eigenvalue weighted by atomic mass is 35.5. The van der Waals surface area contributed by atoms with E-state index in [0.717, 1.165) is 31.5 Å². The van der Waals surface area contributed by atoms with Gasteiger partial charge in [0, 0.05) is 25.2 Å². The van der Waals surface area contributed by atoms with Crippen LogP contribution in [0.5, 0.6) is 5.75 Å². The fraction of sp³-hybridized carbons (Fsp3) is 0.500. The van der Waals surface area contributed by atoms with Gasteiger partial charge in [0.1, 0.15) is 5.82 Å². The van der Waals surface area contributed by atoms with Crippen molar-refractivity contribution in [2.75, 3.05) is 26.7 Å². The number of likely N-dealkylation sites (tertiary alicyclic amines) is 1. The van der Waals surface area contributed by atoms with E-state index in [9.17, 15) is 13.6 Å². The molecule has 118 valence electrons. The number of carbonyl (C=O) groups excluding carboxylic acids is 1. The molecule has 1 N–H and O–H groups in total. The maximum Gasteiger partial charge on any atom is 0.260 e. The Labute approximate surface area is 128 Å². The third kappa shape index (κ3) is 4.54. The van der Waals surface area contributed by atoms with Crippen molar-refractivity contribution in [3.05, 3.63) is 29.8 Å². The average Bonchev–Trinajstić information content (AvgIpc) is 2.86. The summed E-state index contributed by atoms with van der Waals surface area (Å²) < 4.78 is 31.3. The minimum Gasteiger partial charge on any atom is -0.481 e. The highest BCUT2D eigenvalue weighted by molar-refractivity contribution is 5.85. The SMILES string of the molecule is CNCC1CCCN1C(=O)COc1ccc(F)cc1F.Cl. The van der Waals surface area contributed by atoms with Crippen molar-refractivity contribution in [1.29, 1.82) is 0 Å². The highest BCUT2D eigenvalue weighted by Crippen LogP contribution is 2.19. The zero-order chi connectivity index (χ0) is 14.5. The molecule has 0 saturated carbocycles. The molecule has 1 fully saturated rings. The van der Waals surface area contributed by atoms with Crippen LogP contribution in [-0.4, -0.2) is 43.6 Å². The number of hydrogen-bond acceptors (Lipinski definition) is 3. The molecule has 1 aliphatic rings. The predicted octanol–water partition coefficient (Wildman–Crippen LogP) is 1.98. The summed E-state index contributed by atoms with van der Waals surface area (Å²) in [6.07, 6.45) is 1.92. The summed E-state index contributed by atoms with van der Waals surface area (Å²) in [5.74, 6) is -1.75. The molecule has 0 bridgehead atoms. The number of rotatable bonds is 5. The zero-order valence-corrected chi connectivity index (χ0v) is 12.6. The minimum absolute atomic E-state index is 0. The van der Waals surface area contributed by atoms with Crippen LogP contribution in [0.1, 0.15) is 12.8 Å². The van der Waals surface area contributed by atoms with Crippen LogP contribution in [0.4, 0.5) is 8.78 Å². The monoisotopic (exact) mass is 320 g/mol. The number of halogens is 3. The van der Waals surface area contributed by atoms with Crippen LogP contribution in [0, 0.1) is 11.6 Å². The molecule has 1 aliphatic heterocycles. The fourth-order valence-electron chi connectivity index (χ4n) is 2.43. The van der Waals surface area contributed by atoms with E-state index >= 15 is 0 Å². The molecule has 4 nitrogen and oxygen atoms in total. The molecule has 1 amide bonds. The van der Waals surface area contributed by atoms with Crippen molar-refractivity contribution in [2.24, 2.45) is 0 Å². The van der Waals surface area contributed by atoms with Crippen molar-refractivity contribution in [1.82, 2.24) is 10.2 Å². The van der Waals surface area contributed by atoms with Crippen LogP contribution < -0.4 is 10.1 Å². The third-order valence-electron chi connectivity index (χ3n) is 3.38. The summed E-state index contributed by atoms with van der Waals surface area (Å²) in [4.78, 5) is 13.8. The average molecular weight is 321 g/mol. The molecule has 0 aromatic heterocycles. The molecule has 2 rings (SSSR count). The van der Waals surface area contributed by atoms with Crippen LogP contribution in [0.2, 0.25) is 0 Å². The number of amides is 1. The number of nitrogens with zero attached hydrogens (tertiary/aromatic N) is 1. The smallest absolute Gasteiger partial charge is 0.260 e. The first-order chi connectivity index (χ1) is 9.61. The van der Waals surface area contributed by atoms with Crippen molar-refractivity contribution in [3.8, 4) is 5.75 Å². The van der Waals surface area contributed by atoms with Crippen molar-refractivity contribution in [2.45, 2.75) is 18.9 Å². The lowest BCUT2D eigenvalue weighted by Crippen LogP contribution is -2.43. The van der Waals surface area contributed by atoms with E-state index in [-0.39, 0.29) is 36.7 Å². The Kier molecular flexibility index (Phi) is 6.84. The molecule has 0 radical (unpaired) electrons. The summed E-state index contributed by atoms with van der Waals surface area (Å²) in [6.45, 7) is 1.19. The molecule has 7 heteroatoms. The second-order valence-electron chi connectivity index (χ2n) is 4.80. The Bertz CT molecular complexity index is 488. The van der Waals surface area contributed by atoms with Gasteiger partial charge in [0.05, 0.1) is 0 Å². The van der Waals surface area contributed by atoms with Crippen LogP contribution >= 0.6 is 12.4 Å². The van der Waals surface area contributed by atoms with Gasteiger partial charge in [-0.15, -0.1) is 12.4 Å². The van der Waals surface area contributed by atoms with Gasteiger partial charge in [-0.05, 0) is 32.0 Å². The predicted molar refractivity (Wildman–Crippen MR) is 77.8 cm³/mol. The lowest BCUT2D eigenvalue weighted by molar-refractivity contribution is -0.134. The number of hydrogen-bond donors (Lipinski definition) is 1. The fourth-order valence-corrected chi connectivity index (χ4v) is 2.43. The summed E-state index contributed by atoms with van der Waals surface area (Å²) in [5, 5.41) is 3.05. The van der Waals surface area contributed by atoms with Gasteiger partial charge in [-0.1, -0.05) is 0 Å². The molecule has 0 spiro atoms. The zero-order valence-electron chi connectivity index (χ0n) is 11.8. The Morgan fingerprint density at radius 2 is 2.24 bits per heavy atom.